The SMILES string of the molecule is C=C.C=C(/C=C\C)/C(C)=C/C(=C\C)Nc1ccc(-c2ccccc2)cc1.CC. The Hall–Kier alpha value is -3.06. The number of rotatable bonds is 6. The lowest BCUT2D eigenvalue weighted by atomic mass is 10.1. The second-order valence-corrected chi connectivity index (χ2v) is 5.66. The highest BCUT2D eigenvalue weighted by Gasteiger charge is 2.00. The summed E-state index contributed by atoms with van der Waals surface area (Å²) in [7, 11) is 0. The van der Waals surface area contributed by atoms with Crippen molar-refractivity contribution in [3.63, 3.8) is 0 Å². The largest absolute Gasteiger partial charge is 0.356 e. The van der Waals surface area contributed by atoms with Crippen LogP contribution in [0.3, 0.4) is 0 Å². The lowest BCUT2D eigenvalue weighted by Crippen LogP contribution is -1.97. The summed E-state index contributed by atoms with van der Waals surface area (Å²) in [6, 6.07) is 18.9. The number of anilines is 1. The molecule has 0 spiro atoms. The fourth-order valence-corrected chi connectivity index (χ4v) is 2.39. The fourth-order valence-electron chi connectivity index (χ4n) is 2.39. The second-order valence-electron chi connectivity index (χ2n) is 5.66. The number of allylic oxidation sites excluding steroid dienone is 6. The van der Waals surface area contributed by atoms with Crippen LogP contribution in [0.4, 0.5) is 5.69 Å². The van der Waals surface area contributed by atoms with E-state index in [4.69, 9.17) is 0 Å². The molecular formula is C27H35N. The lowest BCUT2D eigenvalue weighted by molar-refractivity contribution is 1.36. The third-order valence-corrected chi connectivity index (χ3v) is 3.84. The number of hydrogen-bond acceptors (Lipinski definition) is 1. The summed E-state index contributed by atoms with van der Waals surface area (Å²) in [5.74, 6) is 0. The fraction of sp³-hybridized carbons (Fsp3) is 0.185. The van der Waals surface area contributed by atoms with Crippen LogP contribution in [0.25, 0.3) is 11.1 Å². The summed E-state index contributed by atoms with van der Waals surface area (Å²) in [5.41, 5.74) is 6.76. The Morgan fingerprint density at radius 2 is 1.39 bits per heavy atom. The summed E-state index contributed by atoms with van der Waals surface area (Å²) in [6.07, 6.45) is 8.21. The number of benzene rings is 2. The molecule has 0 unspecified atom stereocenters. The third-order valence-electron chi connectivity index (χ3n) is 3.84. The van der Waals surface area contributed by atoms with Crippen molar-refractivity contribution in [3.8, 4) is 11.1 Å². The van der Waals surface area contributed by atoms with Gasteiger partial charge in [0.15, 0.2) is 0 Å². The Kier molecular flexibility index (Phi) is 13.4. The zero-order valence-corrected chi connectivity index (χ0v) is 18.1. The Morgan fingerprint density at radius 3 is 1.89 bits per heavy atom. The van der Waals surface area contributed by atoms with Crippen molar-refractivity contribution < 1.29 is 0 Å². The van der Waals surface area contributed by atoms with E-state index in [1.807, 2.05) is 45.9 Å². The van der Waals surface area contributed by atoms with Crippen LogP contribution in [0.15, 0.2) is 115 Å². The third kappa shape index (κ3) is 8.55. The highest BCUT2D eigenvalue weighted by Crippen LogP contribution is 2.22. The molecule has 0 saturated carbocycles. The van der Waals surface area contributed by atoms with Crippen LogP contribution in [0.1, 0.15) is 34.6 Å². The van der Waals surface area contributed by atoms with Gasteiger partial charge in [-0.1, -0.05) is 81.1 Å². The highest BCUT2D eigenvalue weighted by molar-refractivity contribution is 5.66. The van der Waals surface area contributed by atoms with Gasteiger partial charge in [0.1, 0.15) is 0 Å². The van der Waals surface area contributed by atoms with E-state index in [9.17, 15) is 0 Å². The molecule has 0 aromatic heterocycles. The van der Waals surface area contributed by atoms with Crippen molar-refractivity contribution in [1.82, 2.24) is 0 Å². The number of nitrogens with one attached hydrogen (secondary N) is 1. The predicted octanol–water partition coefficient (Wildman–Crippen LogP) is 8.58. The van der Waals surface area contributed by atoms with Crippen molar-refractivity contribution in [1.29, 1.82) is 0 Å². The summed E-state index contributed by atoms with van der Waals surface area (Å²) in [6.45, 7) is 20.2. The molecule has 2 aromatic rings. The molecule has 148 valence electrons. The monoisotopic (exact) mass is 373 g/mol. The molecule has 0 fully saturated rings. The minimum Gasteiger partial charge on any atom is -0.356 e. The summed E-state index contributed by atoms with van der Waals surface area (Å²) >= 11 is 0. The van der Waals surface area contributed by atoms with Crippen molar-refractivity contribution in [3.05, 3.63) is 115 Å². The Balaban J connectivity index is 0.00000171. The highest BCUT2D eigenvalue weighted by atomic mass is 14.9. The van der Waals surface area contributed by atoms with E-state index in [1.165, 1.54) is 11.1 Å². The molecule has 1 nitrogen and oxygen atoms in total. The van der Waals surface area contributed by atoms with E-state index in [1.54, 1.807) is 0 Å². The Labute approximate surface area is 172 Å². The zero-order chi connectivity index (χ0) is 21.4. The van der Waals surface area contributed by atoms with E-state index in [0.29, 0.717) is 0 Å². The van der Waals surface area contributed by atoms with Crippen molar-refractivity contribution in [2.75, 3.05) is 5.32 Å². The van der Waals surface area contributed by atoms with Crippen molar-refractivity contribution in [2.45, 2.75) is 34.6 Å². The van der Waals surface area contributed by atoms with Gasteiger partial charge in [0.2, 0.25) is 0 Å². The van der Waals surface area contributed by atoms with Crippen LogP contribution in [-0.4, -0.2) is 0 Å². The maximum atomic E-state index is 4.07. The molecule has 0 heterocycles. The van der Waals surface area contributed by atoms with Crippen LogP contribution in [0.5, 0.6) is 0 Å². The van der Waals surface area contributed by atoms with E-state index in [-0.39, 0.29) is 0 Å². The van der Waals surface area contributed by atoms with Crippen molar-refractivity contribution >= 4 is 5.69 Å². The minimum absolute atomic E-state index is 1.03. The van der Waals surface area contributed by atoms with Crippen LogP contribution >= 0.6 is 0 Å². The molecule has 0 radical (unpaired) electrons. The van der Waals surface area contributed by atoms with Gasteiger partial charge in [0.25, 0.3) is 0 Å². The molecule has 2 rings (SSSR count). The van der Waals surface area contributed by atoms with E-state index >= 15 is 0 Å². The van der Waals surface area contributed by atoms with Gasteiger partial charge in [-0.25, -0.2) is 0 Å². The molecule has 0 aliphatic rings. The standard InChI is InChI=1S/C23H25N.C2H6.C2H4/c1-5-10-18(3)19(4)17-22(6-2)24-23-15-13-21(14-16-23)20-11-8-7-9-12-20;2*1-2/h5-17,24H,3H2,1-2,4H3;1-2H3;1-2H2/b10-5-,19-17+,22-6+;;. The smallest absolute Gasteiger partial charge is 0.0384 e. The molecule has 0 atom stereocenters. The molecule has 0 aliphatic carbocycles. The van der Waals surface area contributed by atoms with Crippen molar-refractivity contribution in [2.24, 2.45) is 0 Å². The Morgan fingerprint density at radius 1 is 0.857 bits per heavy atom. The van der Waals surface area contributed by atoms with Crippen LogP contribution in [0, 0.1) is 0 Å². The molecule has 28 heavy (non-hydrogen) atoms. The zero-order valence-electron chi connectivity index (χ0n) is 18.1. The lowest BCUT2D eigenvalue weighted by Gasteiger charge is -2.10. The topological polar surface area (TPSA) is 12.0 Å². The molecule has 0 aliphatic heterocycles. The first-order valence-electron chi connectivity index (χ1n) is 9.73. The first kappa shape index (κ1) is 24.9. The average Bonchev–Trinajstić information content (AvgIpc) is 2.77. The second kappa shape index (κ2) is 15.0. The van der Waals surface area contributed by atoms with Gasteiger partial charge in [-0.3, -0.25) is 0 Å². The van der Waals surface area contributed by atoms with Gasteiger partial charge in [0, 0.05) is 11.4 Å². The summed E-state index contributed by atoms with van der Waals surface area (Å²) in [5, 5.41) is 3.45. The first-order chi connectivity index (χ1) is 13.6. The first-order valence-corrected chi connectivity index (χ1v) is 9.73. The van der Waals surface area contributed by atoms with Crippen LogP contribution in [0.2, 0.25) is 0 Å². The van der Waals surface area contributed by atoms with Gasteiger partial charge in [-0.05, 0) is 61.3 Å². The van der Waals surface area contributed by atoms with Crippen LogP contribution < -0.4 is 5.32 Å². The molecule has 2 aromatic carbocycles. The minimum atomic E-state index is 1.03. The average molecular weight is 374 g/mol. The van der Waals surface area contributed by atoms with Gasteiger partial charge in [-0.2, -0.15) is 0 Å². The molecular weight excluding hydrogens is 338 g/mol. The molecule has 1 heteroatoms. The molecule has 0 bridgehead atoms. The van der Waals surface area contributed by atoms with E-state index < -0.39 is 0 Å². The summed E-state index contributed by atoms with van der Waals surface area (Å²) in [4.78, 5) is 0. The molecule has 0 saturated heterocycles. The molecule has 1 N–H and O–H groups in total. The van der Waals surface area contributed by atoms with Gasteiger partial charge >= 0.3 is 0 Å². The quantitative estimate of drug-likeness (QED) is 0.395. The maximum Gasteiger partial charge on any atom is 0.0384 e. The van der Waals surface area contributed by atoms with Crippen LogP contribution in [-0.2, 0) is 0 Å². The maximum absolute atomic E-state index is 4.07. The van der Waals surface area contributed by atoms with Gasteiger partial charge in [-0.15, -0.1) is 13.2 Å². The van der Waals surface area contributed by atoms with Gasteiger partial charge in [0.05, 0.1) is 0 Å². The van der Waals surface area contributed by atoms with E-state index in [2.05, 4.69) is 92.7 Å². The predicted molar refractivity (Wildman–Crippen MR) is 130 cm³/mol. The normalized spacial score (nSPS) is 11.0. The molecule has 0 amide bonds. The summed E-state index contributed by atoms with van der Waals surface area (Å²) < 4.78 is 0. The van der Waals surface area contributed by atoms with Gasteiger partial charge < -0.3 is 5.32 Å². The van der Waals surface area contributed by atoms with E-state index in [0.717, 1.165) is 22.5 Å². The Bertz CT molecular complexity index is 775. The number of hydrogen-bond donors (Lipinski definition) is 1.